The summed E-state index contributed by atoms with van der Waals surface area (Å²) < 4.78 is 1.57. The Hall–Kier alpha value is -2.10. The van der Waals surface area contributed by atoms with Crippen molar-refractivity contribution in [2.45, 2.75) is 13.5 Å². The Morgan fingerprint density at radius 2 is 1.74 bits per heavy atom. The summed E-state index contributed by atoms with van der Waals surface area (Å²) in [5, 5.41) is 0.964. The van der Waals surface area contributed by atoms with Crippen molar-refractivity contribution < 1.29 is 0 Å². The molecule has 0 atom stereocenters. The molecule has 0 aliphatic carbocycles. The molecule has 5 heteroatoms. The summed E-state index contributed by atoms with van der Waals surface area (Å²) in [5.74, 6) is 0. The van der Waals surface area contributed by atoms with Gasteiger partial charge in [0.05, 0.1) is 15.7 Å². The first-order valence-electron chi connectivity index (χ1n) is 7.22. The summed E-state index contributed by atoms with van der Waals surface area (Å²) in [7, 11) is 0. The van der Waals surface area contributed by atoms with Gasteiger partial charge < -0.3 is 0 Å². The number of rotatable bonds is 3. The van der Waals surface area contributed by atoms with Crippen LogP contribution in [0, 0.1) is 0 Å². The lowest BCUT2D eigenvalue weighted by molar-refractivity contribution is 0.702. The second-order valence-electron chi connectivity index (χ2n) is 5.07. The highest BCUT2D eigenvalue weighted by Crippen LogP contribution is 2.33. The van der Waals surface area contributed by atoms with Crippen molar-refractivity contribution in [3.63, 3.8) is 0 Å². The summed E-state index contributed by atoms with van der Waals surface area (Å²) >= 11 is 12.2. The molecule has 0 amide bonds. The summed E-state index contributed by atoms with van der Waals surface area (Å²) in [4.78, 5) is 16.4. The molecule has 2 aromatic carbocycles. The fourth-order valence-electron chi connectivity index (χ4n) is 2.41. The predicted octanol–water partition coefficient (Wildman–Crippen LogP) is 4.90. The van der Waals surface area contributed by atoms with E-state index in [1.165, 1.54) is 0 Å². The van der Waals surface area contributed by atoms with Gasteiger partial charge in [0.1, 0.15) is 0 Å². The van der Waals surface area contributed by atoms with Crippen LogP contribution in [0.4, 0.5) is 0 Å². The van der Waals surface area contributed by atoms with Crippen LogP contribution < -0.4 is 5.69 Å². The van der Waals surface area contributed by atoms with Crippen molar-refractivity contribution in [1.82, 2.24) is 9.55 Å². The Morgan fingerprint density at radius 3 is 2.39 bits per heavy atom. The second kappa shape index (κ2) is 6.57. The number of nitrogens with zero attached hydrogens (tertiary/aromatic N) is 2. The standard InChI is InChI=1S/C18H14Cl2N2O/c1-2-22-11-14(13-8-9-15(19)16(20)10-13)17(21-18(22)23)12-6-4-3-5-7-12/h3-11H,2H2,1H3. The van der Waals surface area contributed by atoms with Crippen LogP contribution in [0.25, 0.3) is 22.4 Å². The molecule has 3 rings (SSSR count). The Morgan fingerprint density at radius 1 is 1.00 bits per heavy atom. The van der Waals surface area contributed by atoms with Crippen LogP contribution in [-0.2, 0) is 6.54 Å². The zero-order valence-electron chi connectivity index (χ0n) is 12.5. The van der Waals surface area contributed by atoms with E-state index in [2.05, 4.69) is 4.98 Å². The quantitative estimate of drug-likeness (QED) is 0.676. The molecule has 0 radical (unpaired) electrons. The number of halogens is 2. The maximum Gasteiger partial charge on any atom is 0.348 e. The van der Waals surface area contributed by atoms with Crippen molar-refractivity contribution in [1.29, 1.82) is 0 Å². The van der Waals surface area contributed by atoms with Crippen molar-refractivity contribution in [2.75, 3.05) is 0 Å². The number of aryl methyl sites for hydroxylation is 1. The average molecular weight is 345 g/mol. The third-order valence-electron chi connectivity index (χ3n) is 3.61. The maximum absolute atomic E-state index is 12.2. The second-order valence-corrected chi connectivity index (χ2v) is 5.88. The van der Waals surface area contributed by atoms with E-state index in [9.17, 15) is 4.79 Å². The van der Waals surface area contributed by atoms with Gasteiger partial charge in [-0.25, -0.2) is 4.79 Å². The van der Waals surface area contributed by atoms with E-state index in [4.69, 9.17) is 23.2 Å². The molecule has 0 unspecified atom stereocenters. The van der Waals surface area contributed by atoms with Gasteiger partial charge in [0.25, 0.3) is 0 Å². The Bertz CT molecular complexity index is 905. The smallest absolute Gasteiger partial charge is 0.299 e. The lowest BCUT2D eigenvalue weighted by Gasteiger charge is -2.12. The zero-order valence-corrected chi connectivity index (χ0v) is 14.0. The first kappa shape index (κ1) is 15.8. The number of benzene rings is 2. The average Bonchev–Trinajstić information content (AvgIpc) is 2.58. The summed E-state index contributed by atoms with van der Waals surface area (Å²) in [5.41, 5.74) is 2.96. The van der Waals surface area contributed by atoms with Gasteiger partial charge >= 0.3 is 5.69 Å². The maximum atomic E-state index is 12.2. The molecule has 0 fully saturated rings. The van der Waals surface area contributed by atoms with E-state index in [-0.39, 0.29) is 5.69 Å². The third kappa shape index (κ3) is 3.16. The largest absolute Gasteiger partial charge is 0.348 e. The highest BCUT2D eigenvalue weighted by Gasteiger charge is 2.13. The fourth-order valence-corrected chi connectivity index (χ4v) is 2.71. The van der Waals surface area contributed by atoms with Crippen LogP contribution >= 0.6 is 23.2 Å². The van der Waals surface area contributed by atoms with Crippen LogP contribution in [-0.4, -0.2) is 9.55 Å². The lowest BCUT2D eigenvalue weighted by Crippen LogP contribution is -2.22. The van der Waals surface area contributed by atoms with E-state index in [1.54, 1.807) is 16.7 Å². The van der Waals surface area contributed by atoms with Gasteiger partial charge in [-0.3, -0.25) is 4.57 Å². The SMILES string of the molecule is CCn1cc(-c2ccc(Cl)c(Cl)c2)c(-c2ccccc2)nc1=O. The number of hydrogen-bond acceptors (Lipinski definition) is 2. The van der Waals surface area contributed by atoms with Gasteiger partial charge in [-0.05, 0) is 24.6 Å². The van der Waals surface area contributed by atoms with Gasteiger partial charge in [-0.2, -0.15) is 4.98 Å². The first-order chi connectivity index (χ1) is 11.1. The molecule has 1 heterocycles. The lowest BCUT2D eigenvalue weighted by atomic mass is 10.0. The molecule has 3 aromatic rings. The molecule has 23 heavy (non-hydrogen) atoms. The first-order valence-corrected chi connectivity index (χ1v) is 7.98. The minimum absolute atomic E-state index is 0.268. The van der Waals surface area contributed by atoms with Crippen LogP contribution in [0.5, 0.6) is 0 Å². The minimum atomic E-state index is -0.268. The van der Waals surface area contributed by atoms with Crippen molar-refractivity contribution in [3.05, 3.63) is 75.3 Å². The molecular weight excluding hydrogens is 331 g/mol. The molecule has 0 saturated carbocycles. The summed E-state index contributed by atoms with van der Waals surface area (Å²) in [6.45, 7) is 2.46. The molecule has 0 aliphatic heterocycles. The Labute approximate surface area is 144 Å². The third-order valence-corrected chi connectivity index (χ3v) is 4.35. The molecule has 116 valence electrons. The van der Waals surface area contributed by atoms with E-state index < -0.39 is 0 Å². The van der Waals surface area contributed by atoms with Gasteiger partial charge in [0.2, 0.25) is 0 Å². The zero-order chi connectivity index (χ0) is 16.4. The Balaban J connectivity index is 2.29. The topological polar surface area (TPSA) is 34.9 Å². The molecule has 0 saturated heterocycles. The minimum Gasteiger partial charge on any atom is -0.299 e. The molecule has 0 spiro atoms. The summed E-state index contributed by atoms with van der Waals surface area (Å²) in [6.07, 6.45) is 1.82. The van der Waals surface area contributed by atoms with E-state index in [0.29, 0.717) is 22.3 Å². The summed E-state index contributed by atoms with van der Waals surface area (Å²) in [6, 6.07) is 15.0. The molecule has 0 aliphatic rings. The van der Waals surface area contributed by atoms with Gasteiger partial charge in [-0.15, -0.1) is 0 Å². The van der Waals surface area contributed by atoms with Crippen LogP contribution in [0.3, 0.4) is 0 Å². The van der Waals surface area contributed by atoms with E-state index in [0.717, 1.165) is 16.7 Å². The monoisotopic (exact) mass is 344 g/mol. The molecule has 0 bridgehead atoms. The molecular formula is C18H14Cl2N2O. The molecule has 3 nitrogen and oxygen atoms in total. The van der Waals surface area contributed by atoms with E-state index in [1.807, 2.05) is 49.5 Å². The van der Waals surface area contributed by atoms with Gasteiger partial charge in [-0.1, -0.05) is 59.6 Å². The fraction of sp³-hybridized carbons (Fsp3) is 0.111. The predicted molar refractivity (Wildman–Crippen MR) is 95.1 cm³/mol. The van der Waals surface area contributed by atoms with Crippen molar-refractivity contribution in [3.8, 4) is 22.4 Å². The molecule has 1 aromatic heterocycles. The molecule has 0 N–H and O–H groups in total. The van der Waals surface area contributed by atoms with Gasteiger partial charge in [0.15, 0.2) is 0 Å². The van der Waals surface area contributed by atoms with E-state index >= 15 is 0 Å². The van der Waals surface area contributed by atoms with Crippen molar-refractivity contribution >= 4 is 23.2 Å². The normalized spacial score (nSPS) is 10.7. The Kier molecular flexibility index (Phi) is 4.51. The van der Waals surface area contributed by atoms with Gasteiger partial charge in [0, 0.05) is 23.9 Å². The number of aromatic nitrogens is 2. The number of hydrogen-bond donors (Lipinski definition) is 0. The highest BCUT2D eigenvalue weighted by molar-refractivity contribution is 6.42. The highest BCUT2D eigenvalue weighted by atomic mass is 35.5. The van der Waals surface area contributed by atoms with Crippen LogP contribution in [0.2, 0.25) is 10.0 Å². The van der Waals surface area contributed by atoms with Crippen LogP contribution in [0.15, 0.2) is 59.5 Å². The van der Waals surface area contributed by atoms with Crippen molar-refractivity contribution in [2.24, 2.45) is 0 Å². The van der Waals surface area contributed by atoms with Crippen LogP contribution in [0.1, 0.15) is 6.92 Å².